The second-order valence-corrected chi connectivity index (χ2v) is 5.27. The van der Waals surface area contributed by atoms with Crippen LogP contribution in [0.3, 0.4) is 0 Å². The monoisotopic (exact) mass is 268 g/mol. The summed E-state index contributed by atoms with van der Waals surface area (Å²) in [5.74, 6) is -0.953. The van der Waals surface area contributed by atoms with E-state index in [0.717, 1.165) is 25.1 Å². The number of aromatic nitrogens is 1. The topological polar surface area (TPSA) is 62.2 Å². The summed E-state index contributed by atoms with van der Waals surface area (Å²) in [7, 11) is 0. The summed E-state index contributed by atoms with van der Waals surface area (Å²) in [5.41, 5.74) is 2.50. The molecular weight excluding hydrogens is 252 g/mol. The van der Waals surface area contributed by atoms with Crippen molar-refractivity contribution in [2.45, 2.75) is 18.3 Å². The van der Waals surface area contributed by atoms with Gasteiger partial charge in [0.25, 0.3) is 0 Å². The fourth-order valence-electron chi connectivity index (χ4n) is 2.43. The number of carboxylic acids is 1. The van der Waals surface area contributed by atoms with Gasteiger partial charge in [0, 0.05) is 24.4 Å². The van der Waals surface area contributed by atoms with Gasteiger partial charge in [-0.3, -0.25) is 4.98 Å². The van der Waals surface area contributed by atoms with Crippen LogP contribution in [0.15, 0.2) is 48.8 Å². The molecule has 1 aliphatic rings. The highest BCUT2D eigenvalue weighted by Crippen LogP contribution is 2.48. The van der Waals surface area contributed by atoms with Crippen molar-refractivity contribution in [1.82, 2.24) is 4.98 Å². The smallest absolute Gasteiger partial charge is 0.337 e. The molecule has 0 spiro atoms. The molecule has 0 aliphatic heterocycles. The summed E-state index contributed by atoms with van der Waals surface area (Å²) in [6, 6.07) is 12.1. The van der Waals surface area contributed by atoms with Crippen molar-refractivity contribution in [1.29, 1.82) is 0 Å². The van der Waals surface area contributed by atoms with E-state index in [1.807, 2.05) is 6.07 Å². The van der Waals surface area contributed by atoms with Crippen LogP contribution < -0.4 is 5.32 Å². The molecular formula is C16H16N2O2. The summed E-state index contributed by atoms with van der Waals surface area (Å²) < 4.78 is 0. The van der Waals surface area contributed by atoms with Crippen molar-refractivity contribution < 1.29 is 9.90 Å². The number of pyridine rings is 1. The third-order valence-corrected chi connectivity index (χ3v) is 3.86. The van der Waals surface area contributed by atoms with Crippen LogP contribution in [-0.2, 0) is 5.41 Å². The summed E-state index contributed by atoms with van der Waals surface area (Å²) in [5, 5.41) is 12.3. The predicted molar refractivity (Wildman–Crippen MR) is 77.0 cm³/mol. The molecule has 0 saturated heterocycles. The number of anilines is 1. The van der Waals surface area contributed by atoms with Crippen LogP contribution >= 0.6 is 0 Å². The van der Waals surface area contributed by atoms with E-state index in [4.69, 9.17) is 5.11 Å². The average molecular weight is 268 g/mol. The Morgan fingerprint density at radius 3 is 2.65 bits per heavy atom. The van der Waals surface area contributed by atoms with Crippen LogP contribution in [0.5, 0.6) is 0 Å². The molecule has 1 fully saturated rings. The third kappa shape index (κ3) is 2.50. The van der Waals surface area contributed by atoms with E-state index in [1.54, 1.807) is 12.3 Å². The van der Waals surface area contributed by atoms with Crippen LogP contribution in [0.4, 0.5) is 5.69 Å². The van der Waals surface area contributed by atoms with Gasteiger partial charge in [-0.05, 0) is 24.5 Å². The van der Waals surface area contributed by atoms with E-state index in [-0.39, 0.29) is 11.0 Å². The molecule has 0 unspecified atom stereocenters. The first-order chi connectivity index (χ1) is 9.70. The molecule has 2 aromatic rings. The lowest BCUT2D eigenvalue weighted by Crippen LogP contribution is -2.19. The number of benzene rings is 1. The van der Waals surface area contributed by atoms with E-state index >= 15 is 0 Å². The molecule has 1 aromatic heterocycles. The molecule has 102 valence electrons. The molecule has 3 rings (SSSR count). The Balaban J connectivity index is 1.71. The Morgan fingerprint density at radius 1 is 1.25 bits per heavy atom. The van der Waals surface area contributed by atoms with Crippen LogP contribution in [0, 0.1) is 0 Å². The summed E-state index contributed by atoms with van der Waals surface area (Å²) in [6.07, 6.45) is 5.34. The molecule has 1 saturated carbocycles. The van der Waals surface area contributed by atoms with Gasteiger partial charge in [0.1, 0.15) is 0 Å². The maximum Gasteiger partial charge on any atom is 0.337 e. The SMILES string of the molecule is O=C(O)c1cncc(NCC2(c3ccccc3)CC2)c1. The highest BCUT2D eigenvalue weighted by molar-refractivity contribution is 5.88. The number of rotatable bonds is 5. The van der Waals surface area contributed by atoms with Crippen molar-refractivity contribution >= 4 is 11.7 Å². The molecule has 20 heavy (non-hydrogen) atoms. The fourth-order valence-corrected chi connectivity index (χ4v) is 2.43. The van der Waals surface area contributed by atoms with Crippen molar-refractivity contribution in [2.75, 3.05) is 11.9 Å². The van der Waals surface area contributed by atoms with Crippen LogP contribution in [0.2, 0.25) is 0 Å². The molecule has 1 aromatic carbocycles. The van der Waals surface area contributed by atoms with Crippen LogP contribution in [0.25, 0.3) is 0 Å². The largest absolute Gasteiger partial charge is 0.478 e. The van der Waals surface area contributed by atoms with Gasteiger partial charge in [-0.2, -0.15) is 0 Å². The van der Waals surface area contributed by atoms with Crippen molar-refractivity contribution in [3.8, 4) is 0 Å². The van der Waals surface area contributed by atoms with Crippen LogP contribution in [0.1, 0.15) is 28.8 Å². The van der Waals surface area contributed by atoms with Gasteiger partial charge >= 0.3 is 5.97 Å². The predicted octanol–water partition coefficient (Wildman–Crippen LogP) is 2.92. The molecule has 1 aliphatic carbocycles. The molecule has 1 heterocycles. The van der Waals surface area contributed by atoms with Gasteiger partial charge < -0.3 is 10.4 Å². The first-order valence-electron chi connectivity index (χ1n) is 6.67. The van der Waals surface area contributed by atoms with E-state index in [9.17, 15) is 4.79 Å². The van der Waals surface area contributed by atoms with E-state index in [0.29, 0.717) is 0 Å². The Morgan fingerprint density at radius 2 is 2.00 bits per heavy atom. The third-order valence-electron chi connectivity index (χ3n) is 3.86. The Kier molecular flexibility index (Phi) is 3.14. The van der Waals surface area contributed by atoms with E-state index < -0.39 is 5.97 Å². The molecule has 4 nitrogen and oxygen atoms in total. The number of carbonyl (C=O) groups is 1. The van der Waals surface area contributed by atoms with Crippen LogP contribution in [-0.4, -0.2) is 22.6 Å². The Bertz CT molecular complexity index is 621. The van der Waals surface area contributed by atoms with Crippen molar-refractivity contribution in [3.63, 3.8) is 0 Å². The van der Waals surface area contributed by atoms with Gasteiger partial charge in [-0.1, -0.05) is 30.3 Å². The minimum absolute atomic E-state index is 0.195. The van der Waals surface area contributed by atoms with Crippen molar-refractivity contribution in [2.24, 2.45) is 0 Å². The number of hydrogen-bond acceptors (Lipinski definition) is 3. The normalized spacial score (nSPS) is 15.6. The zero-order valence-electron chi connectivity index (χ0n) is 11.0. The number of hydrogen-bond donors (Lipinski definition) is 2. The lowest BCUT2D eigenvalue weighted by molar-refractivity contribution is 0.0696. The first-order valence-corrected chi connectivity index (χ1v) is 6.67. The Labute approximate surface area is 117 Å². The molecule has 0 amide bonds. The number of nitrogens with zero attached hydrogens (tertiary/aromatic N) is 1. The zero-order valence-corrected chi connectivity index (χ0v) is 11.0. The summed E-state index contributed by atoms with van der Waals surface area (Å²) in [4.78, 5) is 14.9. The van der Waals surface area contributed by atoms with Gasteiger partial charge in [0.15, 0.2) is 0 Å². The van der Waals surface area contributed by atoms with Gasteiger partial charge in [0.2, 0.25) is 0 Å². The highest BCUT2D eigenvalue weighted by atomic mass is 16.4. The number of nitrogens with one attached hydrogen (secondary N) is 1. The second kappa shape index (κ2) is 4.96. The molecule has 4 heteroatoms. The maximum atomic E-state index is 10.9. The number of carboxylic acid groups (broad SMARTS) is 1. The van der Waals surface area contributed by atoms with E-state index in [2.05, 4.69) is 34.6 Å². The second-order valence-electron chi connectivity index (χ2n) is 5.27. The quantitative estimate of drug-likeness (QED) is 0.875. The lowest BCUT2D eigenvalue weighted by atomic mass is 9.96. The molecule has 2 N–H and O–H groups in total. The van der Waals surface area contributed by atoms with Crippen molar-refractivity contribution in [3.05, 3.63) is 59.9 Å². The first kappa shape index (κ1) is 12.7. The summed E-state index contributed by atoms with van der Waals surface area (Å²) in [6.45, 7) is 0.807. The molecule has 0 atom stereocenters. The maximum absolute atomic E-state index is 10.9. The Hall–Kier alpha value is -2.36. The fraction of sp³-hybridized carbons (Fsp3) is 0.250. The molecule has 0 radical (unpaired) electrons. The number of aromatic carboxylic acids is 1. The average Bonchev–Trinajstić information content (AvgIpc) is 3.28. The molecule has 0 bridgehead atoms. The van der Waals surface area contributed by atoms with Gasteiger partial charge in [-0.25, -0.2) is 4.79 Å². The van der Waals surface area contributed by atoms with Gasteiger partial charge in [0.05, 0.1) is 11.3 Å². The highest BCUT2D eigenvalue weighted by Gasteiger charge is 2.43. The minimum atomic E-state index is -0.953. The lowest BCUT2D eigenvalue weighted by Gasteiger charge is -2.17. The summed E-state index contributed by atoms with van der Waals surface area (Å²) >= 11 is 0. The standard InChI is InChI=1S/C16H16N2O2/c19-15(20)12-8-14(10-17-9-12)18-11-16(6-7-16)13-4-2-1-3-5-13/h1-5,8-10,18H,6-7,11H2,(H,19,20). The van der Waals surface area contributed by atoms with E-state index in [1.165, 1.54) is 11.8 Å². The zero-order chi connectivity index (χ0) is 14.0. The van der Waals surface area contributed by atoms with Gasteiger partial charge in [-0.15, -0.1) is 0 Å². The minimum Gasteiger partial charge on any atom is -0.478 e.